The number of aromatic nitrogens is 1. The van der Waals surface area contributed by atoms with Gasteiger partial charge in [0.2, 0.25) is 5.91 Å². The molecule has 0 aliphatic carbocycles. The van der Waals surface area contributed by atoms with Crippen LogP contribution < -0.4 is 10.1 Å². The molecule has 1 aliphatic heterocycles. The maximum atomic E-state index is 13.8. The summed E-state index contributed by atoms with van der Waals surface area (Å²) in [7, 11) is 1.60. The lowest BCUT2D eigenvalue weighted by atomic mass is 9.79. The number of ether oxygens (including phenoxy) is 1. The quantitative estimate of drug-likeness (QED) is 0.335. The smallest absolute Gasteiger partial charge is 0.303 e. The number of aliphatic hydroxyl groups is 1. The maximum absolute atomic E-state index is 13.8. The number of methoxy groups -OCH3 is 1. The SMILES string of the molecule is COc1ccc2nccc([C@H](O)CC[C@@H]3CCN(CC#Cc4cc(F)ccc4NC(C)=O)C[C@@H]3CC(=O)O)c2c1. The van der Waals surface area contributed by atoms with Gasteiger partial charge in [0, 0.05) is 31.5 Å². The molecule has 9 heteroatoms. The number of carboxylic acid groups (broad SMARTS) is 1. The van der Waals surface area contributed by atoms with Gasteiger partial charge in [-0.3, -0.25) is 19.5 Å². The van der Waals surface area contributed by atoms with Crippen molar-refractivity contribution in [1.29, 1.82) is 0 Å². The lowest BCUT2D eigenvalue weighted by Crippen LogP contribution is -2.41. The Kier molecular flexibility index (Phi) is 9.70. The lowest BCUT2D eigenvalue weighted by Gasteiger charge is -2.37. The number of pyridine rings is 1. The highest BCUT2D eigenvalue weighted by Gasteiger charge is 2.31. The van der Waals surface area contributed by atoms with E-state index in [0.29, 0.717) is 42.9 Å². The van der Waals surface area contributed by atoms with Crippen LogP contribution in [0.5, 0.6) is 5.75 Å². The zero-order valence-corrected chi connectivity index (χ0v) is 22.7. The number of carbonyl (C=O) groups excluding carboxylic acids is 1. The first-order chi connectivity index (χ1) is 19.2. The topological polar surface area (TPSA) is 112 Å². The summed E-state index contributed by atoms with van der Waals surface area (Å²) in [6.07, 6.45) is 2.99. The monoisotopic (exact) mass is 547 g/mol. The summed E-state index contributed by atoms with van der Waals surface area (Å²) >= 11 is 0. The van der Waals surface area contributed by atoms with Gasteiger partial charge in [0.15, 0.2) is 0 Å². The number of hydrogen-bond donors (Lipinski definition) is 3. The van der Waals surface area contributed by atoms with Crippen molar-refractivity contribution in [2.75, 3.05) is 32.1 Å². The van der Waals surface area contributed by atoms with Gasteiger partial charge in [0.05, 0.1) is 36.5 Å². The van der Waals surface area contributed by atoms with Crippen LogP contribution in [0.4, 0.5) is 10.1 Å². The number of fused-ring (bicyclic) bond motifs is 1. The molecule has 0 bridgehead atoms. The van der Waals surface area contributed by atoms with Crippen LogP contribution in [-0.4, -0.2) is 58.7 Å². The predicted molar refractivity (Wildman–Crippen MR) is 150 cm³/mol. The highest BCUT2D eigenvalue weighted by Crippen LogP contribution is 2.34. The zero-order chi connectivity index (χ0) is 28.6. The van der Waals surface area contributed by atoms with Gasteiger partial charge in [-0.05, 0) is 85.7 Å². The minimum absolute atomic E-state index is 0.0383. The summed E-state index contributed by atoms with van der Waals surface area (Å²) in [6, 6.07) is 11.4. The number of halogens is 1. The fraction of sp³-hybridized carbons (Fsp3) is 0.387. The summed E-state index contributed by atoms with van der Waals surface area (Å²) in [4.78, 5) is 29.6. The van der Waals surface area contributed by atoms with Crippen LogP contribution in [0, 0.1) is 29.5 Å². The van der Waals surface area contributed by atoms with Gasteiger partial charge in [-0.2, -0.15) is 0 Å². The average molecular weight is 548 g/mol. The number of aliphatic carboxylic acids is 1. The van der Waals surface area contributed by atoms with E-state index >= 15 is 0 Å². The second-order valence-electron chi connectivity index (χ2n) is 10.2. The molecule has 3 atom stereocenters. The van der Waals surface area contributed by atoms with Crippen molar-refractivity contribution in [2.24, 2.45) is 11.8 Å². The van der Waals surface area contributed by atoms with Crippen molar-refractivity contribution in [2.45, 2.75) is 38.7 Å². The van der Waals surface area contributed by atoms with Crippen molar-refractivity contribution < 1.29 is 28.9 Å². The minimum Gasteiger partial charge on any atom is -0.497 e. The number of likely N-dealkylation sites (tertiary alicyclic amines) is 1. The van der Waals surface area contributed by atoms with E-state index in [1.165, 1.54) is 25.1 Å². The molecule has 3 aromatic rings. The fourth-order valence-electron chi connectivity index (χ4n) is 5.39. The number of hydrogen-bond acceptors (Lipinski definition) is 6. The van der Waals surface area contributed by atoms with Gasteiger partial charge < -0.3 is 20.3 Å². The van der Waals surface area contributed by atoms with Crippen LogP contribution in [0.2, 0.25) is 0 Å². The first-order valence-electron chi connectivity index (χ1n) is 13.3. The molecular weight excluding hydrogens is 513 g/mol. The van der Waals surface area contributed by atoms with Gasteiger partial charge in [0.25, 0.3) is 0 Å². The largest absolute Gasteiger partial charge is 0.497 e. The number of nitrogens with zero attached hydrogens (tertiary/aromatic N) is 2. The molecule has 2 aromatic carbocycles. The Morgan fingerprint density at radius 1 is 1.23 bits per heavy atom. The Hall–Kier alpha value is -4.00. The van der Waals surface area contributed by atoms with E-state index < -0.39 is 17.9 Å². The third-order valence-electron chi connectivity index (χ3n) is 7.38. The van der Waals surface area contributed by atoms with Crippen molar-refractivity contribution in [3.63, 3.8) is 0 Å². The van der Waals surface area contributed by atoms with E-state index in [2.05, 4.69) is 27.0 Å². The molecule has 8 nitrogen and oxygen atoms in total. The maximum Gasteiger partial charge on any atom is 0.303 e. The minimum atomic E-state index is -0.851. The first-order valence-corrected chi connectivity index (χ1v) is 13.3. The number of carbonyl (C=O) groups is 2. The van der Waals surface area contributed by atoms with Crippen molar-refractivity contribution >= 4 is 28.5 Å². The molecule has 0 radical (unpaired) electrons. The summed E-state index contributed by atoms with van der Waals surface area (Å²) < 4.78 is 19.1. The fourth-order valence-corrected chi connectivity index (χ4v) is 5.39. The first kappa shape index (κ1) is 29.0. The number of aliphatic hydroxyl groups excluding tert-OH is 1. The molecule has 2 heterocycles. The molecule has 210 valence electrons. The normalized spacial score (nSPS) is 18.0. The van der Waals surface area contributed by atoms with Gasteiger partial charge in [-0.25, -0.2) is 4.39 Å². The molecule has 0 saturated carbocycles. The highest BCUT2D eigenvalue weighted by atomic mass is 19.1. The summed E-state index contributed by atoms with van der Waals surface area (Å²) in [6.45, 7) is 3.08. The highest BCUT2D eigenvalue weighted by molar-refractivity contribution is 5.90. The van der Waals surface area contributed by atoms with E-state index in [0.717, 1.165) is 29.4 Å². The Labute approximate surface area is 233 Å². The van der Waals surface area contributed by atoms with E-state index in [1.807, 2.05) is 24.3 Å². The van der Waals surface area contributed by atoms with Crippen LogP contribution in [0.25, 0.3) is 10.9 Å². The Morgan fingerprint density at radius 3 is 2.80 bits per heavy atom. The van der Waals surface area contributed by atoms with Crippen LogP contribution in [0.1, 0.15) is 49.8 Å². The van der Waals surface area contributed by atoms with Gasteiger partial charge in [-0.15, -0.1) is 0 Å². The Morgan fingerprint density at radius 2 is 2.05 bits per heavy atom. The van der Waals surface area contributed by atoms with E-state index in [4.69, 9.17) is 4.74 Å². The molecule has 0 unspecified atom stereocenters. The molecule has 4 rings (SSSR count). The molecular formula is C31H34FN3O5. The third-order valence-corrected chi connectivity index (χ3v) is 7.38. The van der Waals surface area contributed by atoms with Crippen LogP contribution in [-0.2, 0) is 9.59 Å². The molecule has 1 saturated heterocycles. The second-order valence-corrected chi connectivity index (χ2v) is 10.2. The number of anilines is 1. The van der Waals surface area contributed by atoms with E-state index in [9.17, 15) is 24.2 Å². The van der Waals surface area contributed by atoms with Crippen molar-refractivity contribution in [3.8, 4) is 17.6 Å². The third kappa shape index (κ3) is 7.56. The summed E-state index contributed by atoms with van der Waals surface area (Å²) in [5, 5.41) is 24.1. The number of piperidine rings is 1. The number of carboxylic acids is 1. The van der Waals surface area contributed by atoms with Crippen LogP contribution >= 0.6 is 0 Å². The summed E-state index contributed by atoms with van der Waals surface area (Å²) in [5.74, 6) is 5.19. The van der Waals surface area contributed by atoms with E-state index in [-0.39, 0.29) is 24.2 Å². The molecule has 1 amide bonds. The molecule has 1 fully saturated rings. The molecule has 3 N–H and O–H groups in total. The van der Waals surface area contributed by atoms with Gasteiger partial charge in [-0.1, -0.05) is 11.8 Å². The number of rotatable bonds is 9. The molecule has 1 aromatic heterocycles. The van der Waals surface area contributed by atoms with Crippen LogP contribution in [0.3, 0.4) is 0 Å². The molecule has 0 spiro atoms. The Balaban J connectivity index is 1.40. The second kappa shape index (κ2) is 13.4. The van der Waals surface area contributed by atoms with Crippen LogP contribution in [0.15, 0.2) is 48.7 Å². The summed E-state index contributed by atoms with van der Waals surface area (Å²) in [5.41, 5.74) is 2.39. The number of nitrogens with one attached hydrogen (secondary N) is 1. The zero-order valence-electron chi connectivity index (χ0n) is 22.7. The number of benzene rings is 2. The van der Waals surface area contributed by atoms with Crippen molar-refractivity contribution in [1.82, 2.24) is 9.88 Å². The lowest BCUT2D eigenvalue weighted by molar-refractivity contribution is -0.139. The Bertz CT molecular complexity index is 1430. The average Bonchev–Trinajstić information content (AvgIpc) is 2.92. The standard InChI is InChI=1S/C31H34FN3O5/c1-20(36)34-28-8-6-24(32)16-22(28)4-3-14-35-15-12-21(23(19-35)17-31(38)39)5-10-30(37)26-11-13-33-29-9-7-25(40-2)18-27(26)29/h6-9,11,13,16,18,21,23,30,37H,5,10,12,14-15,17,19H2,1-2H3,(H,34,36)(H,38,39)/t21-,23+,30-/m1/s1. The van der Waals surface area contributed by atoms with Gasteiger partial charge >= 0.3 is 5.97 Å². The predicted octanol–water partition coefficient (Wildman–Crippen LogP) is 4.62. The van der Waals surface area contributed by atoms with Gasteiger partial charge in [0.1, 0.15) is 11.6 Å². The van der Waals surface area contributed by atoms with E-state index in [1.54, 1.807) is 13.3 Å². The molecule has 1 aliphatic rings. The molecule has 40 heavy (non-hydrogen) atoms. The number of amides is 1. The van der Waals surface area contributed by atoms with Crippen molar-refractivity contribution in [3.05, 3.63) is 65.6 Å².